The van der Waals surface area contributed by atoms with Crippen molar-refractivity contribution < 1.29 is 19.3 Å². The third-order valence-corrected chi connectivity index (χ3v) is 6.34. The minimum atomic E-state index is -0.640. The molecule has 1 aliphatic heterocycles. The number of hydrogen-bond acceptors (Lipinski definition) is 5. The molecule has 3 amide bonds. The highest BCUT2D eigenvalue weighted by atomic mass is 35.5. The third-order valence-electron chi connectivity index (χ3n) is 5.60. The molecular weight excluding hydrogens is 457 g/mol. The van der Waals surface area contributed by atoms with Crippen LogP contribution in [0.4, 0.5) is 5.69 Å². The van der Waals surface area contributed by atoms with Gasteiger partial charge in [0.15, 0.2) is 0 Å². The number of allylic oxidation sites excluding steroid dienone is 2. The van der Waals surface area contributed by atoms with Gasteiger partial charge in [-0.05, 0) is 42.7 Å². The first-order valence-electron chi connectivity index (χ1n) is 9.81. The number of nitrogens with zero attached hydrogens (tertiary/aromatic N) is 3. The molecule has 1 fully saturated rings. The topological polar surface area (TPSA) is 101 Å². The van der Waals surface area contributed by atoms with Crippen LogP contribution in [0.5, 0.6) is 0 Å². The van der Waals surface area contributed by atoms with E-state index in [1.165, 1.54) is 24.3 Å². The van der Waals surface area contributed by atoms with Gasteiger partial charge in [0.2, 0.25) is 0 Å². The summed E-state index contributed by atoms with van der Waals surface area (Å²) in [6.07, 6.45) is 4.57. The molecule has 0 bridgehead atoms. The second-order valence-corrected chi connectivity index (χ2v) is 8.37. The van der Waals surface area contributed by atoms with Gasteiger partial charge in [-0.1, -0.05) is 41.4 Å². The van der Waals surface area contributed by atoms with Crippen molar-refractivity contribution >= 4 is 46.6 Å². The number of halogens is 2. The lowest BCUT2D eigenvalue weighted by molar-refractivity contribution is -0.384. The fourth-order valence-electron chi connectivity index (χ4n) is 3.94. The predicted molar refractivity (Wildman–Crippen MR) is 117 cm³/mol. The molecular formula is C22H17Cl2N3O5. The first-order chi connectivity index (χ1) is 15.3. The highest BCUT2D eigenvalue weighted by molar-refractivity contribution is 6.42. The minimum absolute atomic E-state index is 0.101. The highest BCUT2D eigenvalue weighted by Gasteiger charge is 2.50. The van der Waals surface area contributed by atoms with E-state index in [0.29, 0.717) is 23.4 Å². The van der Waals surface area contributed by atoms with Crippen molar-refractivity contribution in [1.29, 1.82) is 0 Å². The second kappa shape index (κ2) is 8.72. The molecule has 0 saturated carbocycles. The number of nitro benzene ring substituents is 1. The molecule has 8 nitrogen and oxygen atoms in total. The maximum atomic E-state index is 13.4. The zero-order valence-electron chi connectivity index (χ0n) is 16.6. The molecule has 0 unspecified atom stereocenters. The molecule has 10 heteroatoms. The van der Waals surface area contributed by atoms with E-state index in [-0.39, 0.29) is 22.8 Å². The molecule has 2 aliphatic rings. The number of hydrogen-bond donors (Lipinski definition) is 0. The molecule has 2 aromatic rings. The summed E-state index contributed by atoms with van der Waals surface area (Å²) in [6.45, 7) is -0.114. The maximum Gasteiger partial charge on any atom is 0.273 e. The third kappa shape index (κ3) is 3.99. The molecule has 32 heavy (non-hydrogen) atoms. The molecule has 0 N–H and O–H groups in total. The first-order valence-corrected chi connectivity index (χ1v) is 10.6. The van der Waals surface area contributed by atoms with Gasteiger partial charge in [-0.3, -0.25) is 24.5 Å². The minimum Gasteiger partial charge on any atom is -0.272 e. The number of nitro groups is 1. The summed E-state index contributed by atoms with van der Waals surface area (Å²) in [7, 11) is 0. The monoisotopic (exact) mass is 473 g/mol. The van der Waals surface area contributed by atoms with Crippen molar-refractivity contribution in [3.05, 3.63) is 85.9 Å². The smallest absolute Gasteiger partial charge is 0.272 e. The number of benzene rings is 2. The quantitative estimate of drug-likeness (QED) is 0.277. The van der Waals surface area contributed by atoms with Gasteiger partial charge in [-0.2, -0.15) is 5.01 Å². The van der Waals surface area contributed by atoms with Crippen LogP contribution in [-0.2, 0) is 16.1 Å². The van der Waals surface area contributed by atoms with E-state index >= 15 is 0 Å². The van der Waals surface area contributed by atoms with Crippen LogP contribution in [0, 0.1) is 22.0 Å². The van der Waals surface area contributed by atoms with Crippen LogP contribution in [0.3, 0.4) is 0 Å². The summed E-state index contributed by atoms with van der Waals surface area (Å²) in [5, 5.41) is 13.5. The van der Waals surface area contributed by atoms with Gasteiger partial charge in [-0.15, -0.1) is 0 Å². The van der Waals surface area contributed by atoms with E-state index < -0.39 is 34.5 Å². The average molecular weight is 474 g/mol. The SMILES string of the molecule is O=C(c1ccc([N+](=O)[O-])cc1)N(Cc1ccc(Cl)c(Cl)c1)N1C(=O)[C@H]2CC=CC[C@@H]2C1=O. The molecule has 0 radical (unpaired) electrons. The molecule has 0 spiro atoms. The molecule has 2 aromatic carbocycles. The van der Waals surface area contributed by atoms with Gasteiger partial charge >= 0.3 is 0 Å². The van der Waals surface area contributed by atoms with Gasteiger partial charge in [0.05, 0.1) is 33.3 Å². The van der Waals surface area contributed by atoms with E-state index in [1.807, 2.05) is 12.2 Å². The van der Waals surface area contributed by atoms with Crippen LogP contribution in [0.1, 0.15) is 28.8 Å². The van der Waals surface area contributed by atoms with Crippen molar-refractivity contribution in [3.8, 4) is 0 Å². The van der Waals surface area contributed by atoms with Gasteiger partial charge in [0.25, 0.3) is 23.4 Å². The van der Waals surface area contributed by atoms with E-state index in [4.69, 9.17) is 23.2 Å². The van der Waals surface area contributed by atoms with Crippen molar-refractivity contribution in [2.75, 3.05) is 0 Å². The molecule has 1 saturated heterocycles. The van der Waals surface area contributed by atoms with E-state index in [1.54, 1.807) is 18.2 Å². The van der Waals surface area contributed by atoms with E-state index in [2.05, 4.69) is 0 Å². The van der Waals surface area contributed by atoms with Gasteiger partial charge < -0.3 is 0 Å². The Hall–Kier alpha value is -3.23. The molecule has 2 atom stereocenters. The Morgan fingerprint density at radius 2 is 1.59 bits per heavy atom. The number of non-ortho nitro benzene ring substituents is 1. The normalized spacial score (nSPS) is 19.8. The van der Waals surface area contributed by atoms with Crippen LogP contribution in [0.2, 0.25) is 10.0 Å². The lowest BCUT2D eigenvalue weighted by Gasteiger charge is -2.30. The van der Waals surface area contributed by atoms with Crippen molar-refractivity contribution in [3.63, 3.8) is 0 Å². The molecule has 4 rings (SSSR count). The van der Waals surface area contributed by atoms with Crippen molar-refractivity contribution in [1.82, 2.24) is 10.0 Å². The summed E-state index contributed by atoms with van der Waals surface area (Å²) >= 11 is 12.1. The molecule has 164 valence electrons. The van der Waals surface area contributed by atoms with Crippen molar-refractivity contribution in [2.45, 2.75) is 19.4 Å². The average Bonchev–Trinajstić information content (AvgIpc) is 3.04. The van der Waals surface area contributed by atoms with E-state index in [0.717, 1.165) is 10.0 Å². The lowest BCUT2D eigenvalue weighted by atomic mass is 9.85. The van der Waals surface area contributed by atoms with Crippen molar-refractivity contribution in [2.24, 2.45) is 11.8 Å². The van der Waals surface area contributed by atoms with Gasteiger partial charge in [0, 0.05) is 17.7 Å². The number of carbonyl (C=O) groups is 3. The number of imide groups is 1. The number of hydrazine groups is 1. The van der Waals surface area contributed by atoms with Crippen LogP contribution in [-0.4, -0.2) is 32.7 Å². The number of carbonyl (C=O) groups excluding carboxylic acids is 3. The lowest BCUT2D eigenvalue weighted by Crippen LogP contribution is -2.49. The van der Waals surface area contributed by atoms with Crippen LogP contribution in [0.15, 0.2) is 54.6 Å². The summed E-state index contributed by atoms with van der Waals surface area (Å²) in [5.74, 6) is -2.57. The number of fused-ring (bicyclic) bond motifs is 1. The summed E-state index contributed by atoms with van der Waals surface area (Å²) < 4.78 is 0. The first kappa shape index (κ1) is 22.0. The number of amides is 3. The largest absolute Gasteiger partial charge is 0.273 e. The Balaban J connectivity index is 1.71. The Morgan fingerprint density at radius 1 is 1.00 bits per heavy atom. The maximum absolute atomic E-state index is 13.4. The molecule has 0 aromatic heterocycles. The van der Waals surface area contributed by atoms with Gasteiger partial charge in [-0.25, -0.2) is 5.01 Å². The van der Waals surface area contributed by atoms with Crippen LogP contribution in [0.25, 0.3) is 0 Å². The second-order valence-electron chi connectivity index (χ2n) is 7.56. The van der Waals surface area contributed by atoms with Gasteiger partial charge in [0.1, 0.15) is 0 Å². The Kier molecular flexibility index (Phi) is 5.99. The molecule has 1 heterocycles. The number of rotatable bonds is 5. The molecule has 1 aliphatic carbocycles. The highest BCUT2D eigenvalue weighted by Crippen LogP contribution is 2.37. The zero-order valence-corrected chi connectivity index (χ0v) is 18.1. The Bertz CT molecular complexity index is 1120. The summed E-state index contributed by atoms with van der Waals surface area (Å²) in [4.78, 5) is 50.0. The van der Waals surface area contributed by atoms with Crippen LogP contribution < -0.4 is 0 Å². The van der Waals surface area contributed by atoms with Crippen LogP contribution >= 0.6 is 23.2 Å². The Labute approximate surface area is 193 Å². The fraction of sp³-hybridized carbons (Fsp3) is 0.227. The fourth-order valence-corrected chi connectivity index (χ4v) is 4.26. The summed E-state index contributed by atoms with van der Waals surface area (Å²) in [6, 6.07) is 9.74. The standard InChI is InChI=1S/C22H17Cl2N3O5/c23-18-10-5-13(11-19(18)24)12-25(20(28)14-6-8-15(9-7-14)27(31)32)26-21(29)16-3-1-2-4-17(16)22(26)30/h1-2,5-11,16-17H,3-4,12H2/t16-,17-/m0/s1. The Morgan fingerprint density at radius 3 is 2.12 bits per heavy atom. The predicted octanol–water partition coefficient (Wildman–Crippen LogP) is 4.41. The zero-order chi connectivity index (χ0) is 23.0. The van der Waals surface area contributed by atoms with E-state index in [9.17, 15) is 24.5 Å². The summed E-state index contributed by atoms with van der Waals surface area (Å²) in [5.41, 5.74) is 0.482.